The predicted octanol–water partition coefficient (Wildman–Crippen LogP) is 2.04. The molecule has 6 nitrogen and oxygen atoms in total. The summed E-state index contributed by atoms with van der Waals surface area (Å²) in [6, 6.07) is 9.42. The number of amides is 1. The maximum Gasteiger partial charge on any atom is 0.271 e. The minimum Gasteiger partial charge on any atom is -0.351 e. The predicted molar refractivity (Wildman–Crippen MR) is 87.2 cm³/mol. The molecule has 1 aromatic carbocycles. The zero-order valence-corrected chi connectivity index (χ0v) is 13.2. The fraction of sp³-hybridized carbons (Fsp3) is 0.312. The summed E-state index contributed by atoms with van der Waals surface area (Å²) in [5.41, 5.74) is 0.539. The van der Waals surface area contributed by atoms with Crippen molar-refractivity contribution in [3.05, 3.63) is 47.9 Å². The first-order chi connectivity index (χ1) is 11.1. The molecule has 0 saturated heterocycles. The standard InChI is InChI=1S/C16H20FN5O/c1-22(2)11-5-10-18-16(23)14-8-9-15(21-20-14)19-13-7-4-3-6-12(13)17/h3-4,6-9H,5,10-11H2,1-2H3,(H,18,23)(H,19,21). The molecule has 2 rings (SSSR count). The molecule has 122 valence electrons. The minimum atomic E-state index is -0.378. The Labute approximate surface area is 134 Å². The number of anilines is 2. The van der Waals surface area contributed by atoms with E-state index >= 15 is 0 Å². The van der Waals surface area contributed by atoms with Gasteiger partial charge in [-0.05, 0) is 51.3 Å². The van der Waals surface area contributed by atoms with E-state index in [4.69, 9.17) is 0 Å². The number of para-hydroxylation sites is 1. The second-order valence-corrected chi connectivity index (χ2v) is 5.32. The molecule has 0 radical (unpaired) electrons. The van der Waals surface area contributed by atoms with Crippen molar-refractivity contribution in [1.82, 2.24) is 20.4 Å². The lowest BCUT2D eigenvalue weighted by atomic mass is 10.3. The van der Waals surface area contributed by atoms with E-state index in [1.165, 1.54) is 6.07 Å². The Morgan fingerprint density at radius 3 is 2.61 bits per heavy atom. The molecule has 0 atom stereocenters. The lowest BCUT2D eigenvalue weighted by molar-refractivity contribution is 0.0946. The molecule has 0 unspecified atom stereocenters. The molecule has 1 amide bonds. The second kappa shape index (κ2) is 8.19. The van der Waals surface area contributed by atoms with Crippen molar-refractivity contribution in [2.75, 3.05) is 32.5 Å². The van der Waals surface area contributed by atoms with E-state index in [1.54, 1.807) is 30.3 Å². The molecule has 0 aliphatic heterocycles. The van der Waals surface area contributed by atoms with Crippen molar-refractivity contribution in [3.8, 4) is 0 Å². The largest absolute Gasteiger partial charge is 0.351 e. The van der Waals surface area contributed by atoms with Crippen LogP contribution in [0.25, 0.3) is 0 Å². The molecule has 0 spiro atoms. The number of hydrogen-bond acceptors (Lipinski definition) is 5. The number of nitrogens with one attached hydrogen (secondary N) is 2. The summed E-state index contributed by atoms with van der Waals surface area (Å²) in [6.45, 7) is 1.48. The molecule has 23 heavy (non-hydrogen) atoms. The van der Waals surface area contributed by atoms with Crippen LogP contribution in [0.1, 0.15) is 16.9 Å². The van der Waals surface area contributed by atoms with Gasteiger partial charge in [-0.15, -0.1) is 10.2 Å². The highest BCUT2D eigenvalue weighted by Gasteiger charge is 2.08. The fourth-order valence-electron chi connectivity index (χ4n) is 1.91. The molecule has 0 bridgehead atoms. The Hall–Kier alpha value is -2.54. The molecular weight excluding hydrogens is 297 g/mol. The summed E-state index contributed by atoms with van der Waals surface area (Å²) in [5, 5.41) is 13.4. The van der Waals surface area contributed by atoms with E-state index in [1.807, 2.05) is 14.1 Å². The quantitative estimate of drug-likeness (QED) is 0.765. The number of carbonyl (C=O) groups is 1. The SMILES string of the molecule is CN(C)CCCNC(=O)c1ccc(Nc2ccccc2F)nn1. The third kappa shape index (κ3) is 5.30. The van der Waals surface area contributed by atoms with Crippen LogP contribution in [0.4, 0.5) is 15.9 Å². The van der Waals surface area contributed by atoms with Gasteiger partial charge in [-0.2, -0.15) is 0 Å². The van der Waals surface area contributed by atoms with E-state index in [-0.39, 0.29) is 17.4 Å². The lowest BCUT2D eigenvalue weighted by Gasteiger charge is -2.10. The molecule has 2 N–H and O–H groups in total. The first-order valence-electron chi connectivity index (χ1n) is 7.34. The summed E-state index contributed by atoms with van der Waals surface area (Å²) in [5.74, 6) is -0.273. The Balaban J connectivity index is 1.89. The van der Waals surface area contributed by atoms with Crippen molar-refractivity contribution in [2.45, 2.75) is 6.42 Å². The van der Waals surface area contributed by atoms with Gasteiger partial charge in [0.05, 0.1) is 5.69 Å². The van der Waals surface area contributed by atoms with Crippen LogP contribution in [0.3, 0.4) is 0 Å². The summed E-state index contributed by atoms with van der Waals surface area (Å²) in [7, 11) is 3.96. The molecule has 0 aliphatic rings. The van der Waals surface area contributed by atoms with Gasteiger partial charge in [-0.3, -0.25) is 4.79 Å². The second-order valence-electron chi connectivity index (χ2n) is 5.32. The zero-order chi connectivity index (χ0) is 16.7. The van der Waals surface area contributed by atoms with Crippen LogP contribution >= 0.6 is 0 Å². The smallest absolute Gasteiger partial charge is 0.271 e. The Morgan fingerprint density at radius 1 is 1.17 bits per heavy atom. The first kappa shape index (κ1) is 16.8. The van der Waals surface area contributed by atoms with Crippen molar-refractivity contribution in [1.29, 1.82) is 0 Å². The van der Waals surface area contributed by atoms with Crippen LogP contribution < -0.4 is 10.6 Å². The number of rotatable bonds is 7. The molecule has 7 heteroatoms. The highest BCUT2D eigenvalue weighted by Crippen LogP contribution is 2.17. The van der Waals surface area contributed by atoms with Crippen LogP contribution in [0, 0.1) is 5.82 Å². The molecular formula is C16H20FN5O. The number of benzene rings is 1. The lowest BCUT2D eigenvalue weighted by Crippen LogP contribution is -2.28. The first-order valence-corrected chi connectivity index (χ1v) is 7.34. The Kier molecular flexibility index (Phi) is 5.99. The molecule has 0 aliphatic carbocycles. The van der Waals surface area contributed by atoms with E-state index in [2.05, 4.69) is 25.7 Å². The average molecular weight is 317 g/mol. The van der Waals surface area contributed by atoms with Crippen molar-refractivity contribution < 1.29 is 9.18 Å². The molecule has 2 aromatic rings. The van der Waals surface area contributed by atoms with Gasteiger partial charge in [0, 0.05) is 6.54 Å². The van der Waals surface area contributed by atoms with Gasteiger partial charge in [0.1, 0.15) is 5.82 Å². The van der Waals surface area contributed by atoms with Gasteiger partial charge in [0.25, 0.3) is 5.91 Å². The highest BCUT2D eigenvalue weighted by atomic mass is 19.1. The maximum atomic E-state index is 13.5. The highest BCUT2D eigenvalue weighted by molar-refractivity contribution is 5.92. The Bertz CT molecular complexity index is 645. The van der Waals surface area contributed by atoms with Gasteiger partial charge in [-0.25, -0.2) is 4.39 Å². The number of aromatic nitrogens is 2. The summed E-state index contributed by atoms with van der Waals surface area (Å²) in [6.07, 6.45) is 0.860. The number of nitrogens with zero attached hydrogens (tertiary/aromatic N) is 3. The van der Waals surface area contributed by atoms with Crippen LogP contribution in [-0.2, 0) is 0 Å². The summed E-state index contributed by atoms with van der Waals surface area (Å²) in [4.78, 5) is 14.0. The number of halogens is 1. The fourth-order valence-corrected chi connectivity index (χ4v) is 1.91. The maximum absolute atomic E-state index is 13.5. The molecule has 0 fully saturated rings. The van der Waals surface area contributed by atoms with Crippen LogP contribution in [0.15, 0.2) is 36.4 Å². The van der Waals surface area contributed by atoms with Gasteiger partial charge < -0.3 is 15.5 Å². The monoisotopic (exact) mass is 317 g/mol. The Morgan fingerprint density at radius 2 is 1.96 bits per heavy atom. The van der Waals surface area contributed by atoms with Gasteiger partial charge in [0.2, 0.25) is 0 Å². The van der Waals surface area contributed by atoms with Crippen molar-refractivity contribution in [3.63, 3.8) is 0 Å². The van der Waals surface area contributed by atoms with Crippen molar-refractivity contribution >= 4 is 17.4 Å². The van der Waals surface area contributed by atoms with Crippen LogP contribution in [0.5, 0.6) is 0 Å². The van der Waals surface area contributed by atoms with E-state index in [9.17, 15) is 9.18 Å². The third-order valence-corrected chi connectivity index (χ3v) is 3.10. The molecule has 1 aromatic heterocycles. The molecule has 1 heterocycles. The average Bonchev–Trinajstić information content (AvgIpc) is 2.54. The van der Waals surface area contributed by atoms with Gasteiger partial charge >= 0.3 is 0 Å². The topological polar surface area (TPSA) is 70.2 Å². The van der Waals surface area contributed by atoms with Gasteiger partial charge in [-0.1, -0.05) is 12.1 Å². The summed E-state index contributed by atoms with van der Waals surface area (Å²) >= 11 is 0. The zero-order valence-electron chi connectivity index (χ0n) is 13.2. The van der Waals surface area contributed by atoms with Crippen LogP contribution in [0.2, 0.25) is 0 Å². The number of carbonyl (C=O) groups excluding carboxylic acids is 1. The third-order valence-electron chi connectivity index (χ3n) is 3.10. The minimum absolute atomic E-state index is 0.230. The van der Waals surface area contributed by atoms with E-state index in [0.29, 0.717) is 18.1 Å². The summed E-state index contributed by atoms with van der Waals surface area (Å²) < 4.78 is 13.5. The molecule has 0 saturated carbocycles. The van der Waals surface area contributed by atoms with E-state index < -0.39 is 0 Å². The van der Waals surface area contributed by atoms with Gasteiger partial charge in [0.15, 0.2) is 11.5 Å². The number of hydrogen-bond donors (Lipinski definition) is 2. The normalized spacial score (nSPS) is 10.6. The van der Waals surface area contributed by atoms with E-state index in [0.717, 1.165) is 13.0 Å². The van der Waals surface area contributed by atoms with Crippen LogP contribution in [-0.4, -0.2) is 48.2 Å². The van der Waals surface area contributed by atoms with Crippen molar-refractivity contribution in [2.24, 2.45) is 0 Å².